The highest BCUT2D eigenvalue weighted by molar-refractivity contribution is 6.33. The van der Waals surface area contributed by atoms with Crippen LogP contribution < -0.4 is 9.47 Å². The zero-order chi connectivity index (χ0) is 14.8. The van der Waals surface area contributed by atoms with E-state index < -0.39 is 0 Å². The Balaban J connectivity index is 1.91. The maximum Gasteiger partial charge on any atom is 0.172 e. The number of ether oxygens (including phenoxy) is 2. The van der Waals surface area contributed by atoms with Crippen LogP contribution in [-0.2, 0) is 6.42 Å². The SMILES string of the molecule is O=C(Cc1cc(Cl)ccc1Cl)c1cccc2c1OCCO2. The molecule has 0 radical (unpaired) electrons. The van der Waals surface area contributed by atoms with E-state index in [1.54, 1.807) is 36.4 Å². The first-order valence-electron chi connectivity index (χ1n) is 6.51. The number of para-hydroxylation sites is 1. The molecule has 0 bridgehead atoms. The molecule has 0 saturated carbocycles. The van der Waals surface area contributed by atoms with Gasteiger partial charge in [-0.2, -0.15) is 0 Å². The molecule has 2 aromatic carbocycles. The lowest BCUT2D eigenvalue weighted by molar-refractivity contribution is 0.0982. The van der Waals surface area contributed by atoms with Gasteiger partial charge in [-0.25, -0.2) is 0 Å². The number of ketones is 1. The van der Waals surface area contributed by atoms with E-state index in [2.05, 4.69) is 0 Å². The average molecular weight is 323 g/mol. The van der Waals surface area contributed by atoms with Gasteiger partial charge in [0.15, 0.2) is 17.3 Å². The molecule has 0 N–H and O–H groups in total. The Hall–Kier alpha value is -1.71. The van der Waals surface area contributed by atoms with E-state index in [0.717, 1.165) is 0 Å². The third-order valence-electron chi connectivity index (χ3n) is 3.23. The van der Waals surface area contributed by atoms with Gasteiger partial charge in [0.05, 0.1) is 5.56 Å². The fourth-order valence-electron chi connectivity index (χ4n) is 2.24. The van der Waals surface area contributed by atoms with Gasteiger partial charge in [0.2, 0.25) is 0 Å². The molecule has 0 aromatic heterocycles. The fourth-order valence-corrected chi connectivity index (χ4v) is 2.62. The molecule has 2 aromatic rings. The number of fused-ring (bicyclic) bond motifs is 1. The first-order chi connectivity index (χ1) is 10.1. The molecule has 0 fully saturated rings. The smallest absolute Gasteiger partial charge is 0.172 e. The maximum absolute atomic E-state index is 12.5. The van der Waals surface area contributed by atoms with Gasteiger partial charge in [0, 0.05) is 16.5 Å². The second-order valence-corrected chi connectivity index (χ2v) is 5.51. The zero-order valence-corrected chi connectivity index (χ0v) is 12.6. The molecule has 1 heterocycles. The Morgan fingerprint density at radius 3 is 2.76 bits per heavy atom. The molecule has 3 rings (SSSR count). The third-order valence-corrected chi connectivity index (χ3v) is 3.83. The van der Waals surface area contributed by atoms with Crippen LogP contribution in [0.2, 0.25) is 10.0 Å². The molecule has 0 amide bonds. The lowest BCUT2D eigenvalue weighted by atomic mass is 10.0. The van der Waals surface area contributed by atoms with Crippen molar-refractivity contribution in [1.29, 1.82) is 0 Å². The molecule has 3 nitrogen and oxygen atoms in total. The first kappa shape index (κ1) is 14.2. The average Bonchev–Trinajstić information content (AvgIpc) is 2.50. The quantitative estimate of drug-likeness (QED) is 0.795. The minimum absolute atomic E-state index is 0.0819. The van der Waals surface area contributed by atoms with Crippen molar-refractivity contribution in [2.24, 2.45) is 0 Å². The highest BCUT2D eigenvalue weighted by atomic mass is 35.5. The highest BCUT2D eigenvalue weighted by Gasteiger charge is 2.21. The topological polar surface area (TPSA) is 35.5 Å². The van der Waals surface area contributed by atoms with Crippen molar-refractivity contribution >= 4 is 29.0 Å². The van der Waals surface area contributed by atoms with E-state index in [9.17, 15) is 4.79 Å². The van der Waals surface area contributed by atoms with Gasteiger partial charge in [-0.3, -0.25) is 4.79 Å². The molecule has 0 spiro atoms. The number of carbonyl (C=O) groups is 1. The monoisotopic (exact) mass is 322 g/mol. The summed E-state index contributed by atoms with van der Waals surface area (Å²) in [5.74, 6) is 1.03. The van der Waals surface area contributed by atoms with Crippen LogP contribution in [0.5, 0.6) is 11.5 Å². The molecule has 5 heteroatoms. The van der Waals surface area contributed by atoms with Crippen LogP contribution in [0, 0.1) is 0 Å². The van der Waals surface area contributed by atoms with Crippen LogP contribution in [0.4, 0.5) is 0 Å². The number of Topliss-reactive ketones (excluding diaryl/α,β-unsaturated/α-hetero) is 1. The second kappa shape index (κ2) is 5.96. The molecule has 1 aliphatic rings. The van der Waals surface area contributed by atoms with E-state index in [0.29, 0.717) is 45.9 Å². The molecule has 0 saturated heterocycles. The maximum atomic E-state index is 12.5. The second-order valence-electron chi connectivity index (χ2n) is 4.67. The van der Waals surface area contributed by atoms with E-state index in [1.165, 1.54) is 0 Å². The molecule has 0 aliphatic carbocycles. The molecular formula is C16H12Cl2O3. The van der Waals surface area contributed by atoms with Crippen LogP contribution in [0.1, 0.15) is 15.9 Å². The summed E-state index contributed by atoms with van der Waals surface area (Å²) in [4.78, 5) is 12.5. The van der Waals surface area contributed by atoms with Crippen LogP contribution >= 0.6 is 23.2 Å². The molecule has 0 atom stereocenters. The van der Waals surface area contributed by atoms with Crippen LogP contribution in [0.3, 0.4) is 0 Å². The standard InChI is InChI=1S/C16H12Cl2O3/c17-11-4-5-13(18)10(8-11)9-14(19)12-2-1-3-15-16(12)21-7-6-20-15/h1-5,8H,6-7,9H2. The van der Waals surface area contributed by atoms with E-state index >= 15 is 0 Å². The van der Waals surface area contributed by atoms with Gasteiger partial charge in [-0.15, -0.1) is 0 Å². The minimum Gasteiger partial charge on any atom is -0.486 e. The molecular weight excluding hydrogens is 311 g/mol. The first-order valence-corrected chi connectivity index (χ1v) is 7.26. The van der Waals surface area contributed by atoms with Gasteiger partial charge < -0.3 is 9.47 Å². The van der Waals surface area contributed by atoms with Crippen LogP contribution in [-0.4, -0.2) is 19.0 Å². The summed E-state index contributed by atoms with van der Waals surface area (Å²) in [5, 5.41) is 1.08. The van der Waals surface area contributed by atoms with Gasteiger partial charge in [-0.1, -0.05) is 29.3 Å². The third kappa shape index (κ3) is 2.99. The van der Waals surface area contributed by atoms with Gasteiger partial charge in [0.25, 0.3) is 0 Å². The Labute approximate surface area is 132 Å². The summed E-state index contributed by atoms with van der Waals surface area (Å²) >= 11 is 12.1. The highest BCUT2D eigenvalue weighted by Crippen LogP contribution is 2.34. The number of halogens is 2. The van der Waals surface area contributed by atoms with Gasteiger partial charge >= 0.3 is 0 Å². The molecule has 108 valence electrons. The Morgan fingerprint density at radius 1 is 1.10 bits per heavy atom. The van der Waals surface area contributed by atoms with Crippen molar-refractivity contribution in [2.45, 2.75) is 6.42 Å². The van der Waals surface area contributed by atoms with Crippen molar-refractivity contribution in [3.63, 3.8) is 0 Å². The van der Waals surface area contributed by atoms with Crippen LogP contribution in [0.25, 0.3) is 0 Å². The molecule has 1 aliphatic heterocycles. The number of carbonyl (C=O) groups excluding carboxylic acids is 1. The largest absolute Gasteiger partial charge is 0.486 e. The predicted octanol–water partition coefficient (Wildman–Crippen LogP) is 4.19. The summed E-state index contributed by atoms with van der Waals surface area (Å²) in [7, 11) is 0. The van der Waals surface area contributed by atoms with Crippen molar-refractivity contribution in [3.05, 3.63) is 57.6 Å². The summed E-state index contributed by atoms with van der Waals surface area (Å²) in [5.41, 5.74) is 1.20. The number of rotatable bonds is 3. The van der Waals surface area contributed by atoms with E-state index in [4.69, 9.17) is 32.7 Å². The number of hydrogen-bond donors (Lipinski definition) is 0. The number of benzene rings is 2. The molecule has 21 heavy (non-hydrogen) atoms. The Morgan fingerprint density at radius 2 is 1.90 bits per heavy atom. The van der Waals surface area contributed by atoms with Gasteiger partial charge in [0.1, 0.15) is 13.2 Å². The lowest BCUT2D eigenvalue weighted by Crippen LogP contribution is -2.18. The Kier molecular flexibility index (Phi) is 4.04. The lowest BCUT2D eigenvalue weighted by Gasteiger charge is -2.20. The van der Waals surface area contributed by atoms with Crippen molar-refractivity contribution in [2.75, 3.05) is 13.2 Å². The Bertz CT molecular complexity index is 698. The predicted molar refractivity (Wildman–Crippen MR) is 81.9 cm³/mol. The van der Waals surface area contributed by atoms with Crippen molar-refractivity contribution in [1.82, 2.24) is 0 Å². The van der Waals surface area contributed by atoms with E-state index in [-0.39, 0.29) is 12.2 Å². The molecule has 0 unspecified atom stereocenters. The van der Waals surface area contributed by atoms with Gasteiger partial charge in [-0.05, 0) is 35.9 Å². The summed E-state index contributed by atoms with van der Waals surface area (Å²) in [6.45, 7) is 0.931. The summed E-state index contributed by atoms with van der Waals surface area (Å²) in [6, 6.07) is 10.4. The van der Waals surface area contributed by atoms with E-state index in [1.807, 2.05) is 0 Å². The summed E-state index contributed by atoms with van der Waals surface area (Å²) in [6.07, 6.45) is 0.166. The van der Waals surface area contributed by atoms with Crippen LogP contribution in [0.15, 0.2) is 36.4 Å². The zero-order valence-electron chi connectivity index (χ0n) is 11.1. The van der Waals surface area contributed by atoms with Crippen molar-refractivity contribution < 1.29 is 14.3 Å². The fraction of sp³-hybridized carbons (Fsp3) is 0.188. The minimum atomic E-state index is -0.0819. The van der Waals surface area contributed by atoms with Crippen molar-refractivity contribution in [3.8, 4) is 11.5 Å². The normalized spacial score (nSPS) is 13.0. The summed E-state index contributed by atoms with van der Waals surface area (Å²) < 4.78 is 11.0. The number of hydrogen-bond acceptors (Lipinski definition) is 3.